The molecule has 1 fully saturated rings. The summed E-state index contributed by atoms with van der Waals surface area (Å²) in [6.45, 7) is 0.410. The number of nitrogens with one attached hydrogen (secondary N) is 2. The van der Waals surface area contributed by atoms with E-state index in [2.05, 4.69) is 31.9 Å². The van der Waals surface area contributed by atoms with E-state index in [4.69, 9.17) is 9.47 Å². The molecule has 4 heterocycles. The summed E-state index contributed by atoms with van der Waals surface area (Å²) in [6, 6.07) is 7.72. The second-order valence-corrected chi connectivity index (χ2v) is 8.76. The molecule has 2 aliphatic rings. The van der Waals surface area contributed by atoms with Crippen molar-refractivity contribution < 1.29 is 14.3 Å². The predicted octanol–water partition coefficient (Wildman–Crippen LogP) is 3.14. The number of carbonyl (C=O) groups is 1. The van der Waals surface area contributed by atoms with Gasteiger partial charge in [-0.1, -0.05) is 0 Å². The monoisotopic (exact) mass is 459 g/mol. The lowest BCUT2D eigenvalue weighted by Crippen LogP contribution is -2.41. The lowest BCUT2D eigenvalue weighted by atomic mass is 10.1. The largest absolute Gasteiger partial charge is 0.437 e. The third-order valence-corrected chi connectivity index (χ3v) is 6.41. The zero-order valence-electron chi connectivity index (χ0n) is 19.0. The Morgan fingerprint density at radius 3 is 2.88 bits per heavy atom. The van der Waals surface area contributed by atoms with Crippen molar-refractivity contribution in [2.45, 2.75) is 38.0 Å². The Balaban J connectivity index is 1.50. The highest BCUT2D eigenvalue weighted by Crippen LogP contribution is 2.32. The Labute approximate surface area is 195 Å². The van der Waals surface area contributed by atoms with Gasteiger partial charge in [-0.05, 0) is 48.6 Å². The van der Waals surface area contributed by atoms with Gasteiger partial charge in [-0.2, -0.15) is 5.10 Å². The van der Waals surface area contributed by atoms with Gasteiger partial charge in [-0.3, -0.25) is 9.48 Å². The quantitative estimate of drug-likeness (QED) is 0.474. The van der Waals surface area contributed by atoms with E-state index < -0.39 is 0 Å². The molecule has 1 amide bonds. The zero-order valence-corrected chi connectivity index (χ0v) is 19.0. The van der Waals surface area contributed by atoms with Crippen LogP contribution in [0.15, 0.2) is 42.9 Å². The molecule has 10 nitrogen and oxygen atoms in total. The predicted molar refractivity (Wildman–Crippen MR) is 125 cm³/mol. The molecular formula is C24H25N7O3. The SMILES string of the molecule is CNc1cc2nn3c(cnc13)C(=O)N[C@@H]1CCC[C@H]1OCc1cc(cc(-c3cnn(C)c3)c1)O2. The number of anilines is 1. The smallest absolute Gasteiger partial charge is 0.271 e. The fourth-order valence-corrected chi connectivity index (χ4v) is 4.73. The van der Waals surface area contributed by atoms with Crippen molar-refractivity contribution in [3.63, 3.8) is 0 Å². The van der Waals surface area contributed by atoms with E-state index in [1.165, 1.54) is 4.52 Å². The number of imidazole rings is 1. The summed E-state index contributed by atoms with van der Waals surface area (Å²) in [6.07, 6.45) is 8.04. The Morgan fingerprint density at radius 1 is 1.15 bits per heavy atom. The van der Waals surface area contributed by atoms with E-state index in [0.29, 0.717) is 35.3 Å². The van der Waals surface area contributed by atoms with E-state index >= 15 is 0 Å². The van der Waals surface area contributed by atoms with Gasteiger partial charge in [0.05, 0.1) is 36.8 Å². The summed E-state index contributed by atoms with van der Waals surface area (Å²) in [5.74, 6) is 0.740. The number of aromatic nitrogens is 5. The number of rotatable bonds is 2. The molecule has 1 aliphatic heterocycles. The molecule has 1 aromatic carbocycles. The average molecular weight is 460 g/mol. The maximum Gasteiger partial charge on any atom is 0.271 e. The van der Waals surface area contributed by atoms with E-state index in [-0.39, 0.29) is 18.1 Å². The van der Waals surface area contributed by atoms with Crippen molar-refractivity contribution in [2.75, 3.05) is 12.4 Å². The normalized spacial score (nSPS) is 20.0. The third kappa shape index (κ3) is 3.65. The van der Waals surface area contributed by atoms with Gasteiger partial charge in [0.2, 0.25) is 5.88 Å². The lowest BCUT2D eigenvalue weighted by Gasteiger charge is -2.22. The third-order valence-electron chi connectivity index (χ3n) is 6.41. The van der Waals surface area contributed by atoms with Gasteiger partial charge in [0.15, 0.2) is 11.3 Å². The summed E-state index contributed by atoms with van der Waals surface area (Å²) in [4.78, 5) is 17.6. The molecule has 2 N–H and O–H groups in total. The molecule has 0 unspecified atom stereocenters. The van der Waals surface area contributed by atoms with Crippen molar-refractivity contribution >= 4 is 17.2 Å². The van der Waals surface area contributed by atoms with Crippen molar-refractivity contribution in [1.82, 2.24) is 29.7 Å². The first-order valence-corrected chi connectivity index (χ1v) is 11.4. The van der Waals surface area contributed by atoms with Gasteiger partial charge in [-0.25, -0.2) is 9.50 Å². The summed E-state index contributed by atoms with van der Waals surface area (Å²) in [5, 5.41) is 15.2. The van der Waals surface area contributed by atoms with Crippen LogP contribution in [0.3, 0.4) is 0 Å². The molecular weight excluding hydrogens is 434 g/mol. The fourth-order valence-electron chi connectivity index (χ4n) is 4.73. The maximum absolute atomic E-state index is 13.1. The van der Waals surface area contributed by atoms with E-state index in [9.17, 15) is 4.79 Å². The van der Waals surface area contributed by atoms with E-state index in [0.717, 1.165) is 36.0 Å². The van der Waals surface area contributed by atoms with Gasteiger partial charge < -0.3 is 20.1 Å². The van der Waals surface area contributed by atoms with E-state index in [1.807, 2.05) is 31.6 Å². The molecule has 6 rings (SSSR count). The summed E-state index contributed by atoms with van der Waals surface area (Å²) in [7, 11) is 3.69. The molecule has 1 aliphatic carbocycles. The minimum Gasteiger partial charge on any atom is -0.437 e. The minimum atomic E-state index is -0.228. The van der Waals surface area contributed by atoms with Gasteiger partial charge in [0, 0.05) is 31.9 Å². The fraction of sp³-hybridized carbons (Fsp3) is 0.333. The Bertz CT molecular complexity index is 1390. The number of aryl methyl sites for hydroxylation is 1. The van der Waals surface area contributed by atoms with Gasteiger partial charge >= 0.3 is 0 Å². The zero-order chi connectivity index (χ0) is 23.2. The van der Waals surface area contributed by atoms with Crippen LogP contribution < -0.4 is 15.4 Å². The summed E-state index contributed by atoms with van der Waals surface area (Å²) >= 11 is 0. The van der Waals surface area contributed by atoms with Crippen LogP contribution in [0.1, 0.15) is 35.3 Å². The second kappa shape index (κ2) is 8.14. The van der Waals surface area contributed by atoms with Crippen molar-refractivity contribution in [2.24, 2.45) is 7.05 Å². The highest BCUT2D eigenvalue weighted by atomic mass is 16.5. The number of hydrogen-bond acceptors (Lipinski definition) is 7. The van der Waals surface area contributed by atoms with Gasteiger partial charge in [-0.15, -0.1) is 5.10 Å². The number of benzene rings is 1. The molecule has 1 saturated carbocycles. The lowest BCUT2D eigenvalue weighted by molar-refractivity contribution is 0.0270. The molecule has 0 saturated heterocycles. The van der Waals surface area contributed by atoms with Crippen LogP contribution in [0.5, 0.6) is 11.6 Å². The van der Waals surface area contributed by atoms with Crippen LogP contribution in [0.2, 0.25) is 0 Å². The summed E-state index contributed by atoms with van der Waals surface area (Å²) in [5.41, 5.74) is 4.55. The van der Waals surface area contributed by atoms with Crippen molar-refractivity contribution in [1.29, 1.82) is 0 Å². The molecule has 10 heteroatoms. The number of amides is 1. The molecule has 174 valence electrons. The highest BCUT2D eigenvalue weighted by Gasteiger charge is 2.31. The molecule has 34 heavy (non-hydrogen) atoms. The Morgan fingerprint density at radius 2 is 2.06 bits per heavy atom. The van der Waals surface area contributed by atoms with Gasteiger partial charge in [0.25, 0.3) is 5.91 Å². The maximum atomic E-state index is 13.1. The molecule has 0 spiro atoms. The standard InChI is InChI=1S/C24H25N7O3/c1-25-19-9-22-29-31-20(11-26-23(19)31)24(32)28-18-4-3-5-21(18)33-13-14-6-15(8-17(7-14)34-22)16-10-27-30(2)12-16/h6-12,18,21,25H,3-5,13H2,1-2H3,(H,28,32)/t18-,21-/m1/s1. The minimum absolute atomic E-state index is 0.0612. The highest BCUT2D eigenvalue weighted by molar-refractivity contribution is 5.94. The van der Waals surface area contributed by atoms with Crippen LogP contribution in [0.4, 0.5) is 5.69 Å². The number of carbonyl (C=O) groups excluding carboxylic acids is 1. The van der Waals surface area contributed by atoms with Gasteiger partial charge in [0.1, 0.15) is 5.75 Å². The Hall–Kier alpha value is -3.92. The Kier molecular flexibility index (Phi) is 4.95. The molecule has 4 aromatic rings. The number of ether oxygens (including phenoxy) is 2. The van der Waals surface area contributed by atoms with Crippen LogP contribution >= 0.6 is 0 Å². The second-order valence-electron chi connectivity index (χ2n) is 8.76. The van der Waals surface area contributed by atoms with Crippen molar-refractivity contribution in [3.05, 3.63) is 54.1 Å². The molecule has 0 radical (unpaired) electrons. The van der Waals surface area contributed by atoms with Crippen LogP contribution in [-0.4, -0.2) is 49.5 Å². The first-order valence-electron chi connectivity index (χ1n) is 11.4. The topological polar surface area (TPSA) is 108 Å². The summed E-state index contributed by atoms with van der Waals surface area (Å²) < 4.78 is 15.8. The van der Waals surface area contributed by atoms with Crippen LogP contribution in [-0.2, 0) is 18.4 Å². The van der Waals surface area contributed by atoms with Crippen LogP contribution in [0, 0.1) is 0 Å². The van der Waals surface area contributed by atoms with E-state index in [1.54, 1.807) is 24.0 Å². The number of fused-ring (bicyclic) bond motifs is 4. The molecule has 3 aromatic heterocycles. The first kappa shape index (κ1) is 20.7. The average Bonchev–Trinajstić information content (AvgIpc) is 3.56. The molecule has 4 bridgehead atoms. The first-order chi connectivity index (χ1) is 16.6. The van der Waals surface area contributed by atoms with Crippen molar-refractivity contribution in [3.8, 4) is 22.8 Å². The molecule has 2 atom stereocenters. The number of nitrogens with zero attached hydrogens (tertiary/aromatic N) is 5. The number of hydrogen-bond donors (Lipinski definition) is 2. The van der Waals surface area contributed by atoms with Crippen LogP contribution in [0.25, 0.3) is 16.8 Å².